The van der Waals surface area contributed by atoms with Gasteiger partial charge in [-0.2, -0.15) is 0 Å². The predicted molar refractivity (Wildman–Crippen MR) is 83.2 cm³/mol. The molecule has 2 heterocycles. The number of aliphatic hydroxyl groups excluding tert-OH is 1. The van der Waals surface area contributed by atoms with Crippen molar-refractivity contribution in [3.05, 3.63) is 38.0 Å². The molecule has 0 saturated heterocycles. The Morgan fingerprint density at radius 3 is 2.63 bits per heavy atom. The van der Waals surface area contributed by atoms with Crippen LogP contribution in [0.5, 0.6) is 0 Å². The van der Waals surface area contributed by atoms with Gasteiger partial charge in [-0.05, 0) is 23.4 Å². The number of nitrogens with zero attached hydrogens (tertiary/aromatic N) is 1. The van der Waals surface area contributed by atoms with Crippen molar-refractivity contribution in [2.45, 2.75) is 52.1 Å². The lowest BCUT2D eigenvalue weighted by Crippen LogP contribution is -2.12. The van der Waals surface area contributed by atoms with E-state index in [0.29, 0.717) is 6.42 Å². The van der Waals surface area contributed by atoms with Crippen LogP contribution in [0.25, 0.3) is 0 Å². The minimum Gasteiger partial charge on any atom is -0.387 e. The number of hydrogen-bond donors (Lipinski definition) is 1. The number of aromatic nitrogens is 1. The van der Waals surface area contributed by atoms with E-state index in [-0.39, 0.29) is 5.41 Å². The van der Waals surface area contributed by atoms with Crippen molar-refractivity contribution in [2.75, 3.05) is 0 Å². The summed E-state index contributed by atoms with van der Waals surface area (Å²) >= 11 is 3.29. The highest BCUT2D eigenvalue weighted by atomic mass is 32.1. The van der Waals surface area contributed by atoms with Gasteiger partial charge in [0.2, 0.25) is 0 Å². The summed E-state index contributed by atoms with van der Waals surface area (Å²) in [7, 11) is 0. The summed E-state index contributed by atoms with van der Waals surface area (Å²) in [4.78, 5) is 5.74. The van der Waals surface area contributed by atoms with Crippen LogP contribution in [0, 0.1) is 0 Å². The van der Waals surface area contributed by atoms with E-state index >= 15 is 0 Å². The molecule has 2 rings (SSSR count). The van der Waals surface area contributed by atoms with E-state index < -0.39 is 6.10 Å². The molecule has 0 aliphatic heterocycles. The first-order valence-electron chi connectivity index (χ1n) is 6.61. The monoisotopic (exact) mass is 295 g/mol. The number of rotatable bonds is 4. The maximum atomic E-state index is 10.4. The van der Waals surface area contributed by atoms with Gasteiger partial charge < -0.3 is 5.11 Å². The van der Waals surface area contributed by atoms with E-state index in [1.165, 1.54) is 5.56 Å². The van der Waals surface area contributed by atoms with Crippen LogP contribution >= 0.6 is 22.7 Å². The van der Waals surface area contributed by atoms with Gasteiger partial charge in [-0.15, -0.1) is 22.7 Å². The molecule has 0 radical (unpaired) electrons. The summed E-state index contributed by atoms with van der Waals surface area (Å²) in [6.45, 7) is 8.61. The number of aliphatic hydroxyl groups is 1. The Morgan fingerprint density at radius 2 is 2.05 bits per heavy atom. The summed E-state index contributed by atoms with van der Waals surface area (Å²) in [5.74, 6) is 0. The van der Waals surface area contributed by atoms with Crippen LogP contribution in [-0.4, -0.2) is 10.1 Å². The zero-order chi connectivity index (χ0) is 14.0. The summed E-state index contributed by atoms with van der Waals surface area (Å²) in [5.41, 5.74) is 2.45. The van der Waals surface area contributed by atoms with Gasteiger partial charge in [0.1, 0.15) is 0 Å². The number of thiophene rings is 1. The van der Waals surface area contributed by atoms with E-state index in [4.69, 9.17) is 0 Å². The van der Waals surface area contributed by atoms with Crippen molar-refractivity contribution < 1.29 is 5.11 Å². The average molecular weight is 295 g/mol. The minimum atomic E-state index is -0.422. The van der Waals surface area contributed by atoms with Crippen LogP contribution < -0.4 is 0 Å². The van der Waals surface area contributed by atoms with Crippen molar-refractivity contribution in [3.63, 3.8) is 0 Å². The summed E-state index contributed by atoms with van der Waals surface area (Å²) in [6.07, 6.45) is 1.17. The zero-order valence-electron chi connectivity index (χ0n) is 11.9. The smallest absolute Gasteiger partial charge is 0.0958 e. The molecule has 1 atom stereocenters. The summed E-state index contributed by atoms with van der Waals surface area (Å²) in [6, 6.07) is 2.10. The van der Waals surface area contributed by atoms with E-state index in [1.54, 1.807) is 22.7 Å². The van der Waals surface area contributed by atoms with Gasteiger partial charge in [0.05, 0.1) is 16.8 Å². The minimum absolute atomic E-state index is 0.0806. The molecule has 0 amide bonds. The largest absolute Gasteiger partial charge is 0.387 e. The van der Waals surface area contributed by atoms with Crippen LogP contribution in [-0.2, 0) is 18.3 Å². The van der Waals surface area contributed by atoms with Crippen LogP contribution in [0.1, 0.15) is 54.9 Å². The highest BCUT2D eigenvalue weighted by Crippen LogP contribution is 2.30. The fraction of sp³-hybridized carbons (Fsp3) is 0.533. The van der Waals surface area contributed by atoms with Crippen LogP contribution in [0.3, 0.4) is 0 Å². The normalized spacial score (nSPS) is 13.7. The molecule has 0 aromatic carbocycles. The average Bonchev–Trinajstić information content (AvgIpc) is 2.95. The number of hydrogen-bond acceptors (Lipinski definition) is 4. The second-order valence-corrected chi connectivity index (χ2v) is 7.65. The SMILES string of the molecule is CCc1ccsc1C(O)Cc1nc(C(C)(C)C)cs1. The van der Waals surface area contributed by atoms with Gasteiger partial charge in [-0.3, -0.25) is 0 Å². The van der Waals surface area contributed by atoms with Crippen LogP contribution in [0.15, 0.2) is 16.8 Å². The van der Waals surface area contributed by atoms with Crippen molar-refractivity contribution in [3.8, 4) is 0 Å². The third-order valence-electron chi connectivity index (χ3n) is 3.15. The van der Waals surface area contributed by atoms with E-state index in [9.17, 15) is 5.11 Å². The van der Waals surface area contributed by atoms with Crippen molar-refractivity contribution in [1.82, 2.24) is 4.98 Å². The van der Waals surface area contributed by atoms with Crippen LogP contribution in [0.2, 0.25) is 0 Å². The second kappa shape index (κ2) is 5.73. The Balaban J connectivity index is 2.11. The van der Waals surface area contributed by atoms with E-state index in [0.717, 1.165) is 22.0 Å². The molecule has 1 unspecified atom stereocenters. The molecule has 0 saturated carbocycles. The Labute approximate surface area is 123 Å². The van der Waals surface area contributed by atoms with Gasteiger partial charge in [-0.25, -0.2) is 4.98 Å². The Kier molecular flexibility index (Phi) is 4.43. The maximum Gasteiger partial charge on any atom is 0.0958 e. The van der Waals surface area contributed by atoms with E-state index in [1.807, 2.05) is 0 Å². The van der Waals surface area contributed by atoms with Crippen molar-refractivity contribution in [2.24, 2.45) is 0 Å². The quantitative estimate of drug-likeness (QED) is 0.910. The number of aryl methyl sites for hydroxylation is 1. The fourth-order valence-electron chi connectivity index (χ4n) is 1.94. The fourth-order valence-corrected chi connectivity index (χ4v) is 3.98. The molecular formula is C15H21NOS2. The molecule has 0 aliphatic rings. The lowest BCUT2D eigenvalue weighted by Gasteiger charge is -2.14. The lowest BCUT2D eigenvalue weighted by atomic mass is 9.93. The Hall–Kier alpha value is -0.710. The highest BCUT2D eigenvalue weighted by molar-refractivity contribution is 7.10. The molecule has 0 spiro atoms. The zero-order valence-corrected chi connectivity index (χ0v) is 13.6. The van der Waals surface area contributed by atoms with Gasteiger partial charge in [0.25, 0.3) is 0 Å². The maximum absolute atomic E-state index is 10.4. The Bertz CT molecular complexity index is 536. The molecule has 4 heteroatoms. The lowest BCUT2D eigenvalue weighted by molar-refractivity contribution is 0.181. The first-order chi connectivity index (χ1) is 8.91. The standard InChI is InChI=1S/C15H21NOS2/c1-5-10-6-7-18-14(10)11(17)8-13-16-12(9-19-13)15(2,3)4/h6-7,9,11,17H,5,8H2,1-4H3. The first-order valence-corrected chi connectivity index (χ1v) is 8.37. The third-order valence-corrected chi connectivity index (χ3v) is 5.08. The topological polar surface area (TPSA) is 33.1 Å². The van der Waals surface area contributed by atoms with Gasteiger partial charge in [0, 0.05) is 22.1 Å². The molecule has 0 bridgehead atoms. The number of thiazole rings is 1. The second-order valence-electron chi connectivity index (χ2n) is 5.76. The van der Waals surface area contributed by atoms with Crippen molar-refractivity contribution in [1.29, 1.82) is 0 Å². The first kappa shape index (κ1) is 14.7. The molecule has 2 aromatic rings. The molecule has 0 fully saturated rings. The molecule has 104 valence electrons. The van der Waals surface area contributed by atoms with E-state index in [2.05, 4.69) is 49.5 Å². The summed E-state index contributed by atoms with van der Waals surface area (Å²) in [5, 5.41) is 15.5. The van der Waals surface area contributed by atoms with Crippen molar-refractivity contribution >= 4 is 22.7 Å². The molecular weight excluding hydrogens is 274 g/mol. The molecule has 1 N–H and O–H groups in total. The van der Waals surface area contributed by atoms with Gasteiger partial charge in [0.15, 0.2) is 0 Å². The van der Waals surface area contributed by atoms with Gasteiger partial charge >= 0.3 is 0 Å². The molecule has 0 aliphatic carbocycles. The highest BCUT2D eigenvalue weighted by Gasteiger charge is 2.20. The van der Waals surface area contributed by atoms with Gasteiger partial charge in [-0.1, -0.05) is 27.7 Å². The molecule has 19 heavy (non-hydrogen) atoms. The van der Waals surface area contributed by atoms with Crippen LogP contribution in [0.4, 0.5) is 0 Å². The summed E-state index contributed by atoms with van der Waals surface area (Å²) < 4.78 is 0. The Morgan fingerprint density at radius 1 is 1.32 bits per heavy atom. The predicted octanol–water partition coefficient (Wildman–Crippen LogP) is 4.34. The third kappa shape index (κ3) is 3.44. The molecule has 2 aromatic heterocycles. The molecule has 2 nitrogen and oxygen atoms in total.